The van der Waals surface area contributed by atoms with E-state index in [9.17, 15) is 4.79 Å². The van der Waals surface area contributed by atoms with E-state index in [0.29, 0.717) is 5.92 Å². The van der Waals surface area contributed by atoms with E-state index in [2.05, 4.69) is 16.7 Å². The minimum Gasteiger partial charge on any atom is -0.466 e. The third-order valence-corrected chi connectivity index (χ3v) is 2.94. The van der Waals surface area contributed by atoms with Crippen LogP contribution in [0.25, 0.3) is 0 Å². The molecule has 0 aromatic carbocycles. The van der Waals surface area contributed by atoms with Gasteiger partial charge in [0.15, 0.2) is 0 Å². The van der Waals surface area contributed by atoms with Gasteiger partial charge in [-0.05, 0) is 12.8 Å². The third kappa shape index (κ3) is 3.10. The van der Waals surface area contributed by atoms with Crippen molar-refractivity contribution in [2.24, 2.45) is 5.92 Å². The van der Waals surface area contributed by atoms with E-state index in [-0.39, 0.29) is 5.97 Å². The standard InChI is InChI=1S/C12H20N2O2/c1-4-14(13-2)11(9-12(15)16-3)10-7-5-6-8-10/h4,9-10,13H,1,5-8H2,2-3H3/b11-9+. The van der Waals surface area contributed by atoms with Crippen LogP contribution in [0.15, 0.2) is 24.6 Å². The van der Waals surface area contributed by atoms with Crippen LogP contribution in [0, 0.1) is 5.92 Å². The number of nitrogens with zero attached hydrogens (tertiary/aromatic N) is 1. The number of carbonyl (C=O) groups is 1. The third-order valence-electron chi connectivity index (χ3n) is 2.94. The van der Waals surface area contributed by atoms with Gasteiger partial charge < -0.3 is 4.74 Å². The molecule has 0 heterocycles. The number of rotatable bonds is 5. The van der Waals surface area contributed by atoms with Crippen molar-refractivity contribution in [3.05, 3.63) is 24.6 Å². The first-order chi connectivity index (χ1) is 7.72. The van der Waals surface area contributed by atoms with E-state index in [1.807, 2.05) is 7.05 Å². The van der Waals surface area contributed by atoms with Gasteiger partial charge in [0, 0.05) is 30.9 Å². The summed E-state index contributed by atoms with van der Waals surface area (Å²) in [5.41, 5.74) is 3.94. The Morgan fingerprint density at radius 2 is 2.12 bits per heavy atom. The van der Waals surface area contributed by atoms with Crippen LogP contribution in [-0.4, -0.2) is 25.1 Å². The molecule has 4 nitrogen and oxygen atoms in total. The summed E-state index contributed by atoms with van der Waals surface area (Å²) in [4.78, 5) is 11.3. The van der Waals surface area contributed by atoms with E-state index in [1.54, 1.807) is 17.3 Å². The van der Waals surface area contributed by atoms with E-state index in [1.165, 1.54) is 20.0 Å². The molecule has 0 aromatic heterocycles. The maximum absolute atomic E-state index is 11.3. The second kappa shape index (κ2) is 6.33. The highest BCUT2D eigenvalue weighted by Crippen LogP contribution is 2.32. The molecular weight excluding hydrogens is 204 g/mol. The van der Waals surface area contributed by atoms with Gasteiger partial charge in [-0.1, -0.05) is 19.4 Å². The van der Waals surface area contributed by atoms with Crippen LogP contribution in [0.3, 0.4) is 0 Å². The fourth-order valence-corrected chi connectivity index (χ4v) is 2.11. The zero-order chi connectivity index (χ0) is 12.0. The summed E-state index contributed by atoms with van der Waals surface area (Å²) in [6.07, 6.45) is 7.90. The molecule has 16 heavy (non-hydrogen) atoms. The SMILES string of the molecule is C=CN(NC)/C(=C/C(=O)OC)C1CCCC1. The molecular formula is C12H20N2O2. The Hall–Kier alpha value is -1.29. The number of hydrogen-bond donors (Lipinski definition) is 1. The molecule has 1 fully saturated rings. The number of hydrazine groups is 1. The topological polar surface area (TPSA) is 41.6 Å². The lowest BCUT2D eigenvalue weighted by molar-refractivity contribution is -0.135. The Morgan fingerprint density at radius 3 is 2.56 bits per heavy atom. The first kappa shape index (κ1) is 12.8. The average Bonchev–Trinajstić information content (AvgIpc) is 2.82. The van der Waals surface area contributed by atoms with Gasteiger partial charge in [0.2, 0.25) is 0 Å². The Kier molecular flexibility index (Phi) is 5.05. The highest BCUT2D eigenvalue weighted by Gasteiger charge is 2.23. The molecule has 0 bridgehead atoms. The van der Waals surface area contributed by atoms with Gasteiger partial charge in [-0.3, -0.25) is 5.01 Å². The highest BCUT2D eigenvalue weighted by molar-refractivity contribution is 5.82. The predicted molar refractivity (Wildman–Crippen MR) is 63.2 cm³/mol. The van der Waals surface area contributed by atoms with Crippen molar-refractivity contribution in [2.45, 2.75) is 25.7 Å². The number of methoxy groups -OCH3 is 1. The van der Waals surface area contributed by atoms with Crippen molar-refractivity contribution in [2.75, 3.05) is 14.2 Å². The van der Waals surface area contributed by atoms with Crippen molar-refractivity contribution in [1.29, 1.82) is 0 Å². The zero-order valence-corrected chi connectivity index (χ0v) is 10.0. The second-order valence-electron chi connectivity index (χ2n) is 3.85. The number of ether oxygens (including phenoxy) is 1. The number of allylic oxidation sites excluding steroid dienone is 1. The van der Waals surface area contributed by atoms with Gasteiger partial charge in [-0.15, -0.1) is 0 Å². The molecule has 90 valence electrons. The van der Waals surface area contributed by atoms with Crippen molar-refractivity contribution < 1.29 is 9.53 Å². The largest absolute Gasteiger partial charge is 0.466 e. The molecule has 0 radical (unpaired) electrons. The highest BCUT2D eigenvalue weighted by atomic mass is 16.5. The fourth-order valence-electron chi connectivity index (χ4n) is 2.11. The maximum Gasteiger partial charge on any atom is 0.332 e. The summed E-state index contributed by atoms with van der Waals surface area (Å²) >= 11 is 0. The molecule has 0 amide bonds. The molecule has 1 saturated carbocycles. The molecule has 0 unspecified atom stereocenters. The van der Waals surface area contributed by atoms with Gasteiger partial charge in [0.05, 0.1) is 7.11 Å². The number of nitrogens with one attached hydrogen (secondary N) is 1. The number of hydrogen-bond acceptors (Lipinski definition) is 4. The lowest BCUT2D eigenvalue weighted by Gasteiger charge is -2.26. The quantitative estimate of drug-likeness (QED) is 0.439. The Labute approximate surface area is 96.9 Å². The summed E-state index contributed by atoms with van der Waals surface area (Å²) in [7, 11) is 3.20. The fraction of sp³-hybridized carbons (Fsp3) is 0.583. The van der Waals surface area contributed by atoms with Gasteiger partial charge in [-0.25, -0.2) is 10.2 Å². The Bertz CT molecular complexity index is 281. The Balaban J connectivity index is 2.86. The molecule has 1 aliphatic rings. The van der Waals surface area contributed by atoms with Crippen LogP contribution < -0.4 is 5.43 Å². The minimum absolute atomic E-state index is 0.316. The van der Waals surface area contributed by atoms with E-state index >= 15 is 0 Å². The molecule has 1 aliphatic carbocycles. The number of esters is 1. The minimum atomic E-state index is -0.316. The second-order valence-corrected chi connectivity index (χ2v) is 3.85. The molecule has 1 N–H and O–H groups in total. The van der Waals surface area contributed by atoms with Gasteiger partial charge in [0.1, 0.15) is 0 Å². The average molecular weight is 224 g/mol. The van der Waals surface area contributed by atoms with Crippen LogP contribution >= 0.6 is 0 Å². The molecule has 0 spiro atoms. The molecule has 0 saturated heterocycles. The van der Waals surface area contributed by atoms with Crippen LogP contribution in [0.1, 0.15) is 25.7 Å². The van der Waals surface area contributed by atoms with Crippen molar-refractivity contribution >= 4 is 5.97 Å². The van der Waals surface area contributed by atoms with Crippen LogP contribution in [0.2, 0.25) is 0 Å². The molecule has 0 aliphatic heterocycles. The van der Waals surface area contributed by atoms with Gasteiger partial charge in [-0.2, -0.15) is 0 Å². The molecule has 0 aromatic rings. The van der Waals surface area contributed by atoms with Gasteiger partial charge in [0.25, 0.3) is 0 Å². The smallest absolute Gasteiger partial charge is 0.332 e. The Morgan fingerprint density at radius 1 is 1.50 bits per heavy atom. The van der Waals surface area contributed by atoms with E-state index in [0.717, 1.165) is 18.5 Å². The summed E-state index contributed by atoms with van der Waals surface area (Å²) in [6.45, 7) is 3.73. The van der Waals surface area contributed by atoms with Crippen molar-refractivity contribution in [1.82, 2.24) is 10.4 Å². The van der Waals surface area contributed by atoms with Crippen LogP contribution in [-0.2, 0) is 9.53 Å². The first-order valence-corrected chi connectivity index (χ1v) is 5.61. The summed E-state index contributed by atoms with van der Waals surface area (Å²) in [6, 6.07) is 0. The zero-order valence-electron chi connectivity index (χ0n) is 10.0. The van der Waals surface area contributed by atoms with Crippen molar-refractivity contribution in [3.8, 4) is 0 Å². The summed E-state index contributed by atoms with van der Waals surface area (Å²) in [5, 5.41) is 1.78. The number of carbonyl (C=O) groups excluding carboxylic acids is 1. The monoisotopic (exact) mass is 224 g/mol. The van der Waals surface area contributed by atoms with Crippen LogP contribution in [0.4, 0.5) is 0 Å². The normalized spacial score (nSPS) is 17.2. The van der Waals surface area contributed by atoms with Crippen molar-refractivity contribution in [3.63, 3.8) is 0 Å². The predicted octanol–water partition coefficient (Wildman–Crippen LogP) is 1.81. The lowest BCUT2D eigenvalue weighted by Crippen LogP contribution is -2.32. The molecule has 1 rings (SSSR count). The lowest BCUT2D eigenvalue weighted by atomic mass is 10.0. The summed E-state index contributed by atoms with van der Waals surface area (Å²) < 4.78 is 4.68. The molecule has 4 heteroatoms. The first-order valence-electron chi connectivity index (χ1n) is 5.61. The molecule has 0 atom stereocenters. The van der Waals surface area contributed by atoms with E-state index in [4.69, 9.17) is 0 Å². The maximum atomic E-state index is 11.3. The van der Waals surface area contributed by atoms with Crippen LogP contribution in [0.5, 0.6) is 0 Å². The van der Waals surface area contributed by atoms with Gasteiger partial charge >= 0.3 is 5.97 Å². The van der Waals surface area contributed by atoms with E-state index < -0.39 is 0 Å². The summed E-state index contributed by atoms with van der Waals surface area (Å²) in [5.74, 6) is 0.105.